The average molecular weight is 86.1 g/mol. The van der Waals surface area contributed by atoms with Crippen molar-refractivity contribution in [2.75, 3.05) is 0 Å². The van der Waals surface area contributed by atoms with E-state index < -0.39 is 0 Å². The fraction of sp³-hybridized carbons (Fsp3) is 0.800. The van der Waals surface area contributed by atoms with Crippen LogP contribution in [0.5, 0.6) is 0 Å². The van der Waals surface area contributed by atoms with E-state index >= 15 is 0 Å². The molecule has 36 valence electrons. The molecule has 0 heterocycles. The van der Waals surface area contributed by atoms with Crippen LogP contribution in [0.3, 0.4) is 0 Å². The van der Waals surface area contributed by atoms with Crippen molar-refractivity contribution >= 4 is 6.29 Å². The van der Waals surface area contributed by atoms with Crippen LogP contribution in [-0.2, 0) is 4.79 Å². The molecule has 0 saturated carbocycles. The van der Waals surface area contributed by atoms with E-state index in [0.29, 0.717) is 0 Å². The summed E-state index contributed by atoms with van der Waals surface area (Å²) in [5.41, 5.74) is 0. The molecule has 1 atom stereocenters. The van der Waals surface area contributed by atoms with Crippen molar-refractivity contribution < 1.29 is 4.79 Å². The molecule has 0 aromatic heterocycles. The highest BCUT2D eigenvalue weighted by Crippen LogP contribution is 1.91. The van der Waals surface area contributed by atoms with Crippen molar-refractivity contribution in [3.63, 3.8) is 0 Å². The van der Waals surface area contributed by atoms with Gasteiger partial charge in [0.05, 0.1) is 0 Å². The van der Waals surface area contributed by atoms with Gasteiger partial charge in [0, 0.05) is 5.92 Å². The van der Waals surface area contributed by atoms with Crippen molar-refractivity contribution in [1.29, 1.82) is 0 Å². The van der Waals surface area contributed by atoms with E-state index in [0.717, 1.165) is 12.7 Å². The maximum absolute atomic E-state index is 9.74. The zero-order chi connectivity index (χ0) is 4.99. The Balaban J connectivity index is 2.96. The van der Waals surface area contributed by atoms with E-state index in [4.69, 9.17) is 0 Å². The minimum atomic E-state index is 0.255. The van der Waals surface area contributed by atoms with Crippen LogP contribution in [0.25, 0.3) is 0 Å². The molecule has 0 rings (SSSR count). The number of aldehydes is 1. The number of rotatable bonds is 2. The fourth-order valence-corrected chi connectivity index (χ4v) is 0.0962. The first-order valence-corrected chi connectivity index (χ1v) is 2.26. The van der Waals surface area contributed by atoms with E-state index in [9.17, 15) is 4.79 Å². The molecule has 0 bridgehead atoms. The zero-order valence-corrected chi connectivity index (χ0v) is 4.27. The van der Waals surface area contributed by atoms with Gasteiger partial charge in [0.25, 0.3) is 0 Å². The highest BCUT2D eigenvalue weighted by Gasteiger charge is 1.89. The van der Waals surface area contributed by atoms with E-state index in [1.807, 2.05) is 13.8 Å². The van der Waals surface area contributed by atoms with Crippen LogP contribution < -0.4 is 0 Å². The lowest BCUT2D eigenvalue weighted by molar-refractivity contribution is -0.110. The van der Waals surface area contributed by atoms with Crippen LogP contribution in [0.2, 0.25) is 0 Å². The second-order valence-electron chi connectivity index (χ2n) is 1.52. The highest BCUT2D eigenvalue weighted by atomic mass is 16.1. The first-order chi connectivity index (χ1) is 2.81. The molecule has 0 aliphatic rings. The lowest BCUT2D eigenvalue weighted by Crippen LogP contribution is -1.89. The smallest absolute Gasteiger partial charge is 0.122 e. The molecule has 0 aromatic rings. The van der Waals surface area contributed by atoms with Crippen molar-refractivity contribution in [1.82, 2.24) is 0 Å². The van der Waals surface area contributed by atoms with Gasteiger partial charge in [-0.25, -0.2) is 0 Å². The Labute approximate surface area is 38.4 Å². The first kappa shape index (κ1) is 5.67. The molecule has 0 N–H and O–H groups in total. The Morgan fingerprint density at radius 1 is 1.83 bits per heavy atom. The van der Waals surface area contributed by atoms with Gasteiger partial charge < -0.3 is 4.79 Å². The van der Waals surface area contributed by atoms with Crippen LogP contribution in [-0.4, -0.2) is 6.29 Å². The molecule has 1 nitrogen and oxygen atoms in total. The number of hydrogen-bond acceptors (Lipinski definition) is 1. The van der Waals surface area contributed by atoms with Gasteiger partial charge in [-0.1, -0.05) is 13.8 Å². The van der Waals surface area contributed by atoms with Crippen molar-refractivity contribution in [2.45, 2.75) is 20.3 Å². The Kier molecular flexibility index (Phi) is 2.73. The largest absolute Gasteiger partial charge is 0.303 e. The third-order valence-corrected chi connectivity index (χ3v) is 0.876. The molecule has 0 unspecified atom stereocenters. The molecule has 0 aliphatic carbocycles. The molecule has 0 aliphatic heterocycles. The summed E-state index contributed by atoms with van der Waals surface area (Å²) in [6.07, 6.45) is 1.93. The summed E-state index contributed by atoms with van der Waals surface area (Å²) in [6, 6.07) is 0. The monoisotopic (exact) mass is 86.1 g/mol. The first-order valence-electron chi connectivity index (χ1n) is 2.26. The molecule has 0 amide bonds. The van der Waals surface area contributed by atoms with Gasteiger partial charge in [-0.3, -0.25) is 0 Å². The van der Waals surface area contributed by atoms with Crippen LogP contribution >= 0.6 is 0 Å². The lowest BCUT2D eigenvalue weighted by atomic mass is 10.2. The van der Waals surface area contributed by atoms with Crippen molar-refractivity contribution in [2.24, 2.45) is 5.92 Å². The Morgan fingerprint density at radius 3 is 2.33 bits per heavy atom. The predicted molar refractivity (Wildman–Crippen MR) is 25.5 cm³/mol. The summed E-state index contributed by atoms with van der Waals surface area (Å²) < 4.78 is 0. The molecular formula is C5H10O. The average Bonchev–Trinajstić information content (AvgIpc) is 1.65. The van der Waals surface area contributed by atoms with Gasteiger partial charge in [0.1, 0.15) is 6.29 Å². The van der Waals surface area contributed by atoms with Gasteiger partial charge in [-0.05, 0) is 6.42 Å². The second-order valence-corrected chi connectivity index (χ2v) is 1.52. The molecule has 0 radical (unpaired) electrons. The van der Waals surface area contributed by atoms with Gasteiger partial charge in [0.2, 0.25) is 0 Å². The molecule has 0 saturated heterocycles. The van der Waals surface area contributed by atoms with Crippen LogP contribution in [0.15, 0.2) is 0 Å². The molecule has 1 heteroatoms. The number of carbonyl (C=O) groups is 1. The summed E-state index contributed by atoms with van der Waals surface area (Å²) >= 11 is 0. The number of hydrogen-bond donors (Lipinski definition) is 0. The topological polar surface area (TPSA) is 17.1 Å². The van der Waals surface area contributed by atoms with E-state index in [1.54, 1.807) is 0 Å². The minimum Gasteiger partial charge on any atom is -0.303 e. The summed E-state index contributed by atoms with van der Waals surface area (Å²) in [5.74, 6) is 0.255. The molecule has 0 spiro atoms. The summed E-state index contributed by atoms with van der Waals surface area (Å²) in [5, 5.41) is 0. The summed E-state index contributed by atoms with van der Waals surface area (Å²) in [4.78, 5) is 9.74. The van der Waals surface area contributed by atoms with Crippen LogP contribution in [0.4, 0.5) is 0 Å². The molecular weight excluding hydrogens is 76.1 g/mol. The molecule has 6 heavy (non-hydrogen) atoms. The third-order valence-electron chi connectivity index (χ3n) is 0.876. The SMILES string of the molecule is CC[C@H](C)C=O. The Morgan fingerprint density at radius 2 is 2.33 bits per heavy atom. The molecule has 0 aromatic carbocycles. The van der Waals surface area contributed by atoms with E-state index in [-0.39, 0.29) is 5.92 Å². The predicted octanol–water partition coefficient (Wildman–Crippen LogP) is 1.23. The van der Waals surface area contributed by atoms with Crippen molar-refractivity contribution in [3.8, 4) is 0 Å². The van der Waals surface area contributed by atoms with Crippen LogP contribution in [0.1, 0.15) is 20.3 Å². The second kappa shape index (κ2) is 2.88. The van der Waals surface area contributed by atoms with E-state index in [1.165, 1.54) is 0 Å². The standard InChI is InChI=1S/C5H10O/c1-3-5(2)4-6/h4-5H,3H2,1-2H3/t5-/m0/s1. The van der Waals surface area contributed by atoms with Gasteiger partial charge in [-0.15, -0.1) is 0 Å². The van der Waals surface area contributed by atoms with Gasteiger partial charge in [-0.2, -0.15) is 0 Å². The highest BCUT2D eigenvalue weighted by molar-refractivity contribution is 5.52. The third kappa shape index (κ3) is 1.94. The summed E-state index contributed by atoms with van der Waals surface area (Å²) in [6.45, 7) is 3.91. The zero-order valence-electron chi connectivity index (χ0n) is 4.27. The summed E-state index contributed by atoms with van der Waals surface area (Å²) in [7, 11) is 0. The van der Waals surface area contributed by atoms with Gasteiger partial charge >= 0.3 is 0 Å². The maximum Gasteiger partial charge on any atom is 0.122 e. The Hall–Kier alpha value is -0.330. The normalized spacial score (nSPS) is 13.7. The van der Waals surface area contributed by atoms with E-state index in [2.05, 4.69) is 0 Å². The van der Waals surface area contributed by atoms with Crippen molar-refractivity contribution in [3.05, 3.63) is 0 Å². The fourth-order valence-electron chi connectivity index (χ4n) is 0.0962. The maximum atomic E-state index is 9.74. The van der Waals surface area contributed by atoms with Gasteiger partial charge in [0.15, 0.2) is 0 Å². The lowest BCUT2D eigenvalue weighted by Gasteiger charge is -1.89. The number of carbonyl (C=O) groups excluding carboxylic acids is 1. The Bertz CT molecular complexity index is 41.2. The molecule has 0 fully saturated rings. The van der Waals surface area contributed by atoms with Crippen LogP contribution in [0, 0.1) is 5.92 Å². The quantitative estimate of drug-likeness (QED) is 0.462. The minimum absolute atomic E-state index is 0.255.